The van der Waals surface area contributed by atoms with Crippen molar-refractivity contribution in [3.8, 4) is 0 Å². The number of benzene rings is 1. The Bertz CT molecular complexity index is 552. The third-order valence-corrected chi connectivity index (χ3v) is 3.62. The number of hydrogen-bond donors (Lipinski definition) is 0. The molecule has 0 aliphatic carbocycles. The van der Waals surface area contributed by atoms with Crippen LogP contribution in [0, 0.1) is 13.8 Å². The van der Waals surface area contributed by atoms with Gasteiger partial charge in [0, 0.05) is 23.5 Å². The second kappa shape index (κ2) is 5.21. The van der Waals surface area contributed by atoms with E-state index in [0.717, 1.165) is 30.5 Å². The van der Waals surface area contributed by atoms with Crippen molar-refractivity contribution in [1.82, 2.24) is 4.57 Å². The molecule has 0 amide bonds. The number of aromatic nitrogens is 1. The Hall–Kier alpha value is -1.83. The highest BCUT2D eigenvalue weighted by molar-refractivity contribution is 5.80. The van der Waals surface area contributed by atoms with E-state index in [1.54, 1.807) is 0 Å². The van der Waals surface area contributed by atoms with Gasteiger partial charge < -0.3 is 4.57 Å². The van der Waals surface area contributed by atoms with E-state index in [0.29, 0.717) is 0 Å². The lowest BCUT2D eigenvalue weighted by Crippen LogP contribution is -2.04. The molecule has 18 heavy (non-hydrogen) atoms. The molecule has 2 nitrogen and oxygen atoms in total. The zero-order valence-electron chi connectivity index (χ0n) is 11.2. The maximum absolute atomic E-state index is 11.2. The lowest BCUT2D eigenvalue weighted by Gasteiger charge is -2.09. The molecular weight excluding hydrogens is 222 g/mol. The molecule has 0 N–H and O–H groups in total. The Balaban J connectivity index is 2.46. The third kappa shape index (κ3) is 2.10. The van der Waals surface area contributed by atoms with Crippen LogP contribution in [-0.2, 0) is 13.0 Å². The molecule has 0 aliphatic heterocycles. The molecular formula is C16H19NO. The third-order valence-electron chi connectivity index (χ3n) is 3.62. The second-order valence-corrected chi connectivity index (χ2v) is 4.61. The summed E-state index contributed by atoms with van der Waals surface area (Å²) in [6, 6.07) is 10.3. The standard InChI is InChI=1S/C16H19NO/c1-4-15-12(2)17(13(3)16(15)11-18)10-14-8-6-5-7-9-14/h5-9,11H,4,10H2,1-3H3. The summed E-state index contributed by atoms with van der Waals surface area (Å²) in [7, 11) is 0. The minimum absolute atomic E-state index is 0.833. The van der Waals surface area contributed by atoms with Crippen molar-refractivity contribution in [3.63, 3.8) is 0 Å². The summed E-state index contributed by atoms with van der Waals surface area (Å²) in [5, 5.41) is 0. The predicted molar refractivity (Wildman–Crippen MR) is 74.2 cm³/mol. The summed E-state index contributed by atoms with van der Waals surface area (Å²) in [5.74, 6) is 0. The van der Waals surface area contributed by atoms with Crippen molar-refractivity contribution in [2.24, 2.45) is 0 Å². The number of hydrogen-bond acceptors (Lipinski definition) is 1. The quantitative estimate of drug-likeness (QED) is 0.751. The molecule has 0 unspecified atom stereocenters. The van der Waals surface area contributed by atoms with E-state index < -0.39 is 0 Å². The summed E-state index contributed by atoms with van der Waals surface area (Å²) in [6.45, 7) is 7.06. The van der Waals surface area contributed by atoms with Gasteiger partial charge in [0.05, 0.1) is 0 Å². The van der Waals surface area contributed by atoms with Crippen molar-refractivity contribution >= 4 is 6.29 Å². The number of nitrogens with zero attached hydrogens (tertiary/aromatic N) is 1. The van der Waals surface area contributed by atoms with Crippen LogP contribution in [0.5, 0.6) is 0 Å². The van der Waals surface area contributed by atoms with Gasteiger partial charge in [-0.1, -0.05) is 37.3 Å². The van der Waals surface area contributed by atoms with Gasteiger partial charge in [-0.3, -0.25) is 4.79 Å². The molecule has 94 valence electrons. The first-order chi connectivity index (χ1) is 8.69. The van der Waals surface area contributed by atoms with Crippen LogP contribution in [0.1, 0.15) is 39.8 Å². The van der Waals surface area contributed by atoms with Crippen molar-refractivity contribution in [2.75, 3.05) is 0 Å². The summed E-state index contributed by atoms with van der Waals surface area (Å²) in [6.07, 6.45) is 1.89. The van der Waals surface area contributed by atoms with Crippen LogP contribution in [0.3, 0.4) is 0 Å². The molecule has 0 fully saturated rings. The van der Waals surface area contributed by atoms with E-state index in [1.807, 2.05) is 25.1 Å². The Morgan fingerprint density at radius 1 is 1.11 bits per heavy atom. The molecule has 0 bridgehead atoms. The van der Waals surface area contributed by atoms with Crippen LogP contribution in [0.2, 0.25) is 0 Å². The molecule has 2 rings (SSSR count). The minimum atomic E-state index is 0.833. The van der Waals surface area contributed by atoms with Gasteiger partial charge in [0.1, 0.15) is 0 Å². The maximum Gasteiger partial charge on any atom is 0.152 e. The van der Waals surface area contributed by atoms with Crippen LogP contribution in [0.15, 0.2) is 30.3 Å². The molecule has 1 aromatic heterocycles. The molecule has 0 saturated heterocycles. The van der Waals surface area contributed by atoms with E-state index in [1.165, 1.54) is 16.8 Å². The van der Waals surface area contributed by atoms with Crippen molar-refractivity contribution in [3.05, 3.63) is 58.4 Å². The Labute approximate surface area is 108 Å². The smallest absolute Gasteiger partial charge is 0.152 e. The van der Waals surface area contributed by atoms with E-state index in [2.05, 4.69) is 30.5 Å². The first-order valence-electron chi connectivity index (χ1n) is 6.36. The predicted octanol–water partition coefficient (Wildman–Crippen LogP) is 3.53. The zero-order chi connectivity index (χ0) is 13.1. The molecule has 2 heteroatoms. The highest BCUT2D eigenvalue weighted by atomic mass is 16.1. The Morgan fingerprint density at radius 3 is 2.28 bits per heavy atom. The lowest BCUT2D eigenvalue weighted by molar-refractivity contribution is 0.112. The highest BCUT2D eigenvalue weighted by Crippen LogP contribution is 2.22. The van der Waals surface area contributed by atoms with Gasteiger partial charge >= 0.3 is 0 Å². The van der Waals surface area contributed by atoms with Crippen molar-refractivity contribution in [1.29, 1.82) is 0 Å². The van der Waals surface area contributed by atoms with Gasteiger partial charge in [-0.2, -0.15) is 0 Å². The van der Waals surface area contributed by atoms with Crippen LogP contribution in [0.4, 0.5) is 0 Å². The topological polar surface area (TPSA) is 22.0 Å². The fourth-order valence-corrected chi connectivity index (χ4v) is 2.58. The van der Waals surface area contributed by atoms with Crippen LogP contribution in [-0.4, -0.2) is 10.9 Å². The van der Waals surface area contributed by atoms with Gasteiger partial charge in [-0.05, 0) is 31.4 Å². The summed E-state index contributed by atoms with van der Waals surface area (Å²) >= 11 is 0. The highest BCUT2D eigenvalue weighted by Gasteiger charge is 2.15. The van der Waals surface area contributed by atoms with E-state index >= 15 is 0 Å². The fourth-order valence-electron chi connectivity index (χ4n) is 2.58. The summed E-state index contributed by atoms with van der Waals surface area (Å²) in [5.41, 5.74) is 5.59. The second-order valence-electron chi connectivity index (χ2n) is 4.61. The molecule has 1 heterocycles. The average Bonchev–Trinajstić information content (AvgIpc) is 2.63. The number of aldehydes is 1. The zero-order valence-corrected chi connectivity index (χ0v) is 11.2. The number of carbonyl (C=O) groups is 1. The van der Waals surface area contributed by atoms with Crippen molar-refractivity contribution in [2.45, 2.75) is 33.7 Å². The van der Waals surface area contributed by atoms with Gasteiger partial charge in [0.2, 0.25) is 0 Å². The maximum atomic E-state index is 11.2. The van der Waals surface area contributed by atoms with Crippen molar-refractivity contribution < 1.29 is 4.79 Å². The Morgan fingerprint density at radius 2 is 1.78 bits per heavy atom. The molecule has 1 aromatic carbocycles. The monoisotopic (exact) mass is 241 g/mol. The fraction of sp³-hybridized carbons (Fsp3) is 0.312. The molecule has 0 aliphatic rings. The Kier molecular flexibility index (Phi) is 3.66. The van der Waals surface area contributed by atoms with E-state index in [9.17, 15) is 4.79 Å². The van der Waals surface area contributed by atoms with Crippen LogP contribution < -0.4 is 0 Å². The molecule has 0 spiro atoms. The van der Waals surface area contributed by atoms with Crippen LogP contribution in [0.25, 0.3) is 0 Å². The van der Waals surface area contributed by atoms with E-state index in [4.69, 9.17) is 0 Å². The number of rotatable bonds is 4. The van der Waals surface area contributed by atoms with E-state index in [-0.39, 0.29) is 0 Å². The van der Waals surface area contributed by atoms with Gasteiger partial charge in [-0.25, -0.2) is 0 Å². The molecule has 0 radical (unpaired) electrons. The van der Waals surface area contributed by atoms with Crippen LogP contribution >= 0.6 is 0 Å². The van der Waals surface area contributed by atoms with Gasteiger partial charge in [-0.15, -0.1) is 0 Å². The first kappa shape index (κ1) is 12.6. The normalized spacial score (nSPS) is 10.6. The minimum Gasteiger partial charge on any atom is -0.344 e. The summed E-state index contributed by atoms with van der Waals surface area (Å²) in [4.78, 5) is 11.2. The number of carbonyl (C=O) groups excluding carboxylic acids is 1. The van der Waals surface area contributed by atoms with Gasteiger partial charge in [0.15, 0.2) is 6.29 Å². The SMILES string of the molecule is CCc1c(C=O)c(C)n(Cc2ccccc2)c1C. The molecule has 0 atom stereocenters. The summed E-state index contributed by atoms with van der Waals surface area (Å²) < 4.78 is 2.23. The molecule has 0 saturated carbocycles. The average molecular weight is 241 g/mol. The largest absolute Gasteiger partial charge is 0.344 e. The lowest BCUT2D eigenvalue weighted by atomic mass is 10.1. The molecule has 2 aromatic rings. The van der Waals surface area contributed by atoms with Gasteiger partial charge in [0.25, 0.3) is 0 Å². The first-order valence-corrected chi connectivity index (χ1v) is 6.36.